The molecule has 3 heteroatoms. The van der Waals surface area contributed by atoms with Crippen LogP contribution in [0.3, 0.4) is 0 Å². The van der Waals surface area contributed by atoms with Crippen LogP contribution < -0.4 is 0 Å². The van der Waals surface area contributed by atoms with Crippen LogP contribution in [0.2, 0.25) is 0 Å². The predicted molar refractivity (Wildman–Crippen MR) is 59.1 cm³/mol. The molecule has 0 spiro atoms. The van der Waals surface area contributed by atoms with Crippen molar-refractivity contribution in [1.82, 2.24) is 9.97 Å². The van der Waals surface area contributed by atoms with Crippen LogP contribution in [0.15, 0.2) is 43.0 Å². The van der Waals surface area contributed by atoms with E-state index in [4.69, 9.17) is 0 Å². The Hall–Kier alpha value is -2.16. The molecule has 2 heterocycles. The SMILES string of the molecule is Oc1cncc(C=Cc2ccncc2)c1. The Bertz CT molecular complexity index is 466. The van der Waals surface area contributed by atoms with Crippen LogP contribution in [0.4, 0.5) is 0 Å². The monoisotopic (exact) mass is 198 g/mol. The van der Waals surface area contributed by atoms with Gasteiger partial charge in [0, 0.05) is 18.6 Å². The maximum absolute atomic E-state index is 9.20. The summed E-state index contributed by atoms with van der Waals surface area (Å²) >= 11 is 0. The molecule has 0 aliphatic heterocycles. The third-order valence-corrected chi connectivity index (χ3v) is 1.92. The second-order valence-electron chi connectivity index (χ2n) is 3.09. The summed E-state index contributed by atoms with van der Waals surface area (Å²) in [5.41, 5.74) is 1.93. The van der Waals surface area contributed by atoms with Gasteiger partial charge in [0.2, 0.25) is 0 Å². The lowest BCUT2D eigenvalue weighted by atomic mass is 10.2. The van der Waals surface area contributed by atoms with Crippen LogP contribution in [-0.4, -0.2) is 15.1 Å². The second kappa shape index (κ2) is 4.37. The van der Waals surface area contributed by atoms with Crippen molar-refractivity contribution < 1.29 is 5.11 Å². The topological polar surface area (TPSA) is 46.0 Å². The van der Waals surface area contributed by atoms with E-state index in [2.05, 4.69) is 9.97 Å². The molecular weight excluding hydrogens is 188 g/mol. The zero-order chi connectivity index (χ0) is 10.5. The summed E-state index contributed by atoms with van der Waals surface area (Å²) in [5.74, 6) is 0.173. The van der Waals surface area contributed by atoms with Crippen molar-refractivity contribution in [1.29, 1.82) is 0 Å². The fourth-order valence-corrected chi connectivity index (χ4v) is 1.20. The predicted octanol–water partition coefficient (Wildman–Crippen LogP) is 2.35. The first kappa shape index (κ1) is 9.40. The van der Waals surface area contributed by atoms with Crippen LogP contribution in [0, 0.1) is 0 Å². The van der Waals surface area contributed by atoms with Crippen LogP contribution in [0.25, 0.3) is 12.2 Å². The van der Waals surface area contributed by atoms with Gasteiger partial charge in [0.1, 0.15) is 5.75 Å². The van der Waals surface area contributed by atoms with Crippen LogP contribution in [-0.2, 0) is 0 Å². The van der Waals surface area contributed by atoms with Crippen LogP contribution in [0.5, 0.6) is 5.75 Å². The zero-order valence-electron chi connectivity index (χ0n) is 8.04. The first-order valence-electron chi connectivity index (χ1n) is 4.57. The lowest BCUT2D eigenvalue weighted by Crippen LogP contribution is -1.76. The highest BCUT2D eigenvalue weighted by Gasteiger charge is 1.90. The Morgan fingerprint density at radius 3 is 2.40 bits per heavy atom. The molecule has 2 rings (SSSR count). The van der Waals surface area contributed by atoms with Gasteiger partial charge in [0.15, 0.2) is 0 Å². The van der Waals surface area contributed by atoms with Crippen molar-refractivity contribution >= 4 is 12.2 Å². The maximum Gasteiger partial charge on any atom is 0.134 e. The summed E-state index contributed by atoms with van der Waals surface area (Å²) in [6, 6.07) is 5.48. The van der Waals surface area contributed by atoms with E-state index < -0.39 is 0 Å². The second-order valence-corrected chi connectivity index (χ2v) is 3.09. The van der Waals surface area contributed by atoms with Crippen molar-refractivity contribution in [3.63, 3.8) is 0 Å². The minimum absolute atomic E-state index is 0.173. The zero-order valence-corrected chi connectivity index (χ0v) is 8.04. The first-order chi connectivity index (χ1) is 7.34. The number of hydrogen-bond donors (Lipinski definition) is 1. The van der Waals surface area contributed by atoms with Crippen molar-refractivity contribution in [2.24, 2.45) is 0 Å². The number of aromatic hydroxyl groups is 1. The van der Waals surface area contributed by atoms with Gasteiger partial charge in [-0.3, -0.25) is 9.97 Å². The van der Waals surface area contributed by atoms with Gasteiger partial charge in [-0.1, -0.05) is 12.2 Å². The van der Waals surface area contributed by atoms with E-state index in [0.29, 0.717) is 0 Å². The Kier molecular flexibility index (Phi) is 2.74. The van der Waals surface area contributed by atoms with E-state index in [1.165, 1.54) is 6.20 Å². The molecule has 0 atom stereocenters. The smallest absolute Gasteiger partial charge is 0.134 e. The molecule has 2 aromatic rings. The molecule has 0 aliphatic carbocycles. The van der Waals surface area contributed by atoms with Crippen molar-refractivity contribution in [3.05, 3.63) is 54.1 Å². The van der Waals surface area contributed by atoms with E-state index in [9.17, 15) is 5.11 Å². The Labute approximate surface area is 87.8 Å². The van der Waals surface area contributed by atoms with Gasteiger partial charge in [-0.05, 0) is 29.3 Å². The van der Waals surface area contributed by atoms with E-state index in [-0.39, 0.29) is 5.75 Å². The van der Waals surface area contributed by atoms with Crippen LogP contribution >= 0.6 is 0 Å². The normalized spacial score (nSPS) is 10.7. The number of pyridine rings is 2. The van der Waals surface area contributed by atoms with E-state index >= 15 is 0 Å². The van der Waals surface area contributed by atoms with Gasteiger partial charge in [-0.15, -0.1) is 0 Å². The molecule has 0 aromatic carbocycles. The third kappa shape index (κ3) is 2.64. The summed E-state index contributed by atoms with van der Waals surface area (Å²) in [4.78, 5) is 7.81. The largest absolute Gasteiger partial charge is 0.506 e. The molecule has 0 aliphatic rings. The molecule has 0 radical (unpaired) electrons. The summed E-state index contributed by atoms with van der Waals surface area (Å²) in [6.45, 7) is 0. The average Bonchev–Trinajstić information content (AvgIpc) is 2.28. The molecule has 0 saturated carbocycles. The maximum atomic E-state index is 9.20. The minimum atomic E-state index is 0.173. The van der Waals surface area contributed by atoms with Crippen molar-refractivity contribution in [2.75, 3.05) is 0 Å². The molecule has 1 N–H and O–H groups in total. The Balaban J connectivity index is 2.19. The van der Waals surface area contributed by atoms with Gasteiger partial charge in [0.25, 0.3) is 0 Å². The fourth-order valence-electron chi connectivity index (χ4n) is 1.20. The molecule has 0 bridgehead atoms. The standard InChI is InChI=1S/C12H10N2O/c15-12-7-11(8-14-9-12)2-1-10-3-5-13-6-4-10/h1-9,15H. The summed E-state index contributed by atoms with van der Waals surface area (Å²) in [5, 5.41) is 9.20. The first-order valence-corrected chi connectivity index (χ1v) is 4.57. The number of rotatable bonds is 2. The van der Waals surface area contributed by atoms with E-state index in [1.54, 1.807) is 24.7 Å². The highest BCUT2D eigenvalue weighted by atomic mass is 16.3. The van der Waals surface area contributed by atoms with Gasteiger partial charge >= 0.3 is 0 Å². The summed E-state index contributed by atoms with van der Waals surface area (Å²) < 4.78 is 0. The fraction of sp³-hybridized carbons (Fsp3) is 0. The lowest BCUT2D eigenvalue weighted by Gasteiger charge is -1.94. The van der Waals surface area contributed by atoms with Crippen LogP contribution in [0.1, 0.15) is 11.1 Å². The summed E-state index contributed by atoms with van der Waals surface area (Å²) in [7, 11) is 0. The minimum Gasteiger partial charge on any atom is -0.506 e. The summed E-state index contributed by atoms with van der Waals surface area (Å²) in [6.07, 6.45) is 10.4. The molecule has 0 saturated heterocycles. The molecule has 0 fully saturated rings. The highest BCUT2D eigenvalue weighted by Crippen LogP contribution is 2.11. The Morgan fingerprint density at radius 1 is 0.933 bits per heavy atom. The molecular formula is C12H10N2O. The number of hydrogen-bond acceptors (Lipinski definition) is 3. The van der Waals surface area contributed by atoms with Gasteiger partial charge in [-0.2, -0.15) is 0 Å². The third-order valence-electron chi connectivity index (χ3n) is 1.92. The molecule has 2 aromatic heterocycles. The van der Waals surface area contributed by atoms with Crippen molar-refractivity contribution in [2.45, 2.75) is 0 Å². The number of aromatic nitrogens is 2. The molecule has 15 heavy (non-hydrogen) atoms. The van der Waals surface area contributed by atoms with Gasteiger partial charge < -0.3 is 5.11 Å². The molecule has 3 nitrogen and oxygen atoms in total. The molecule has 74 valence electrons. The molecule has 0 unspecified atom stereocenters. The quantitative estimate of drug-likeness (QED) is 0.805. The average molecular weight is 198 g/mol. The van der Waals surface area contributed by atoms with Crippen molar-refractivity contribution in [3.8, 4) is 5.75 Å². The highest BCUT2D eigenvalue weighted by molar-refractivity contribution is 5.69. The van der Waals surface area contributed by atoms with E-state index in [0.717, 1.165) is 11.1 Å². The van der Waals surface area contributed by atoms with Gasteiger partial charge in [-0.25, -0.2) is 0 Å². The lowest BCUT2D eigenvalue weighted by molar-refractivity contribution is 0.472. The van der Waals surface area contributed by atoms with E-state index in [1.807, 2.05) is 24.3 Å². The van der Waals surface area contributed by atoms with Gasteiger partial charge in [0.05, 0.1) is 6.20 Å². The number of nitrogens with zero attached hydrogens (tertiary/aromatic N) is 2. The molecule has 0 amide bonds. The Morgan fingerprint density at radius 2 is 1.67 bits per heavy atom.